The Labute approximate surface area is 201 Å². The zero-order chi connectivity index (χ0) is 22.9. The zero-order valence-electron chi connectivity index (χ0n) is 18.7. The summed E-state index contributed by atoms with van der Waals surface area (Å²) in [5.74, 6) is 1.11. The second kappa shape index (κ2) is 9.40. The van der Waals surface area contributed by atoms with Gasteiger partial charge in [-0.25, -0.2) is 4.98 Å². The predicted octanol–water partition coefficient (Wildman–Crippen LogP) is 1.51. The molecule has 10 nitrogen and oxygen atoms in total. The number of halogens is 1. The van der Waals surface area contributed by atoms with Crippen molar-refractivity contribution in [1.82, 2.24) is 29.5 Å². The summed E-state index contributed by atoms with van der Waals surface area (Å²) in [6.45, 7) is 6.24. The van der Waals surface area contributed by atoms with Crippen LogP contribution in [-0.4, -0.2) is 81.3 Å². The lowest BCUT2D eigenvalue weighted by molar-refractivity contribution is -0.122. The molecule has 1 amide bonds. The maximum Gasteiger partial charge on any atom is 0.229 e. The van der Waals surface area contributed by atoms with Gasteiger partial charge < -0.3 is 21.3 Å². The highest BCUT2D eigenvalue weighted by Gasteiger charge is 2.47. The second-order valence-electron chi connectivity index (χ2n) is 9.20. The number of carbonyl (C=O) groups is 1. The van der Waals surface area contributed by atoms with E-state index in [1.165, 1.54) is 0 Å². The standard InChI is InChI=1S/C22H30BrN9O/c1-30-4-6-31(7-5-30)8-9-32-13-16(11-26-32)27-22-25-12-17(23)21(29-22)28-19-15-3-2-14(10-15)18(19)20(24)33/h2-3,11-15,18-19H,4-10H2,1H3,(H2,24,33)(H2,25,27,28,29)/t14-,15-,18-,19+/m0/s1. The van der Waals surface area contributed by atoms with Crippen molar-refractivity contribution in [3.63, 3.8) is 0 Å². The largest absolute Gasteiger partial charge is 0.369 e. The van der Waals surface area contributed by atoms with E-state index in [1.807, 2.05) is 10.9 Å². The number of amides is 1. The van der Waals surface area contributed by atoms with Crippen LogP contribution in [-0.2, 0) is 11.3 Å². The Bertz CT molecular complexity index is 1030. The Kier molecular flexibility index (Phi) is 6.35. The molecule has 4 N–H and O–H groups in total. The van der Waals surface area contributed by atoms with E-state index in [1.54, 1.807) is 12.4 Å². The number of anilines is 3. The van der Waals surface area contributed by atoms with Crippen LogP contribution in [0.5, 0.6) is 0 Å². The fourth-order valence-electron chi connectivity index (χ4n) is 5.09. The first-order valence-electron chi connectivity index (χ1n) is 11.4. The highest BCUT2D eigenvalue weighted by Crippen LogP contribution is 2.45. The first-order chi connectivity index (χ1) is 16.0. The van der Waals surface area contributed by atoms with Gasteiger partial charge in [-0.3, -0.25) is 14.4 Å². The molecule has 1 saturated heterocycles. The molecule has 5 rings (SSSR count). The summed E-state index contributed by atoms with van der Waals surface area (Å²) in [6, 6.07) is -0.0612. The molecule has 176 valence electrons. The monoisotopic (exact) mass is 515 g/mol. The summed E-state index contributed by atoms with van der Waals surface area (Å²) in [4.78, 5) is 25.9. The summed E-state index contributed by atoms with van der Waals surface area (Å²) in [6.07, 6.45) is 10.7. The lowest BCUT2D eigenvalue weighted by Gasteiger charge is -2.32. The van der Waals surface area contributed by atoms with E-state index in [9.17, 15) is 4.79 Å². The molecular weight excluding hydrogens is 486 g/mol. The highest BCUT2D eigenvalue weighted by molar-refractivity contribution is 9.10. The third-order valence-electron chi connectivity index (χ3n) is 6.97. The van der Waals surface area contributed by atoms with Gasteiger partial charge in [0.15, 0.2) is 0 Å². The van der Waals surface area contributed by atoms with Crippen molar-refractivity contribution in [1.29, 1.82) is 0 Å². The molecule has 3 heterocycles. The summed E-state index contributed by atoms with van der Waals surface area (Å²) in [5, 5.41) is 11.1. The number of piperazine rings is 1. The highest BCUT2D eigenvalue weighted by atomic mass is 79.9. The summed E-state index contributed by atoms with van der Waals surface area (Å²) in [7, 11) is 2.17. The molecule has 2 fully saturated rings. The SMILES string of the molecule is CN1CCN(CCn2cc(Nc3ncc(Br)c(N[C@H]4[C@@H](C(N)=O)[C@H]5C=C[C@H]4C5)n3)cn2)CC1. The molecule has 0 unspecified atom stereocenters. The first kappa shape index (κ1) is 22.3. The number of fused-ring (bicyclic) bond motifs is 2. The van der Waals surface area contributed by atoms with E-state index in [-0.39, 0.29) is 29.7 Å². The van der Waals surface area contributed by atoms with Crippen LogP contribution in [0.25, 0.3) is 0 Å². The molecule has 0 spiro atoms. The van der Waals surface area contributed by atoms with Crippen LogP contribution in [0.2, 0.25) is 0 Å². The van der Waals surface area contributed by atoms with Gasteiger partial charge in [-0.2, -0.15) is 10.1 Å². The smallest absolute Gasteiger partial charge is 0.229 e. The lowest BCUT2D eigenvalue weighted by atomic mass is 9.88. The molecule has 3 aliphatic rings. The Morgan fingerprint density at radius 3 is 2.76 bits per heavy atom. The van der Waals surface area contributed by atoms with Gasteiger partial charge in [0, 0.05) is 51.2 Å². The third kappa shape index (κ3) is 4.90. The van der Waals surface area contributed by atoms with Crippen molar-refractivity contribution < 1.29 is 4.79 Å². The Morgan fingerprint density at radius 2 is 1.97 bits per heavy atom. The molecule has 4 atom stereocenters. The van der Waals surface area contributed by atoms with Gasteiger partial charge in [0.2, 0.25) is 11.9 Å². The van der Waals surface area contributed by atoms with Crippen molar-refractivity contribution in [2.75, 3.05) is 50.4 Å². The number of rotatable bonds is 8. The maximum absolute atomic E-state index is 12.0. The van der Waals surface area contributed by atoms with Crippen molar-refractivity contribution in [2.45, 2.75) is 19.0 Å². The normalized spacial score (nSPS) is 27.2. The van der Waals surface area contributed by atoms with Crippen LogP contribution < -0.4 is 16.4 Å². The number of nitrogens with zero attached hydrogens (tertiary/aromatic N) is 6. The molecular formula is C22H30BrN9O. The van der Waals surface area contributed by atoms with Gasteiger partial charge in [0.05, 0.1) is 28.8 Å². The topological polar surface area (TPSA) is 117 Å². The van der Waals surface area contributed by atoms with Crippen LogP contribution in [0, 0.1) is 17.8 Å². The quantitative estimate of drug-likeness (QED) is 0.453. The number of aromatic nitrogens is 4. The number of primary amides is 1. The van der Waals surface area contributed by atoms with Crippen LogP contribution in [0.15, 0.2) is 35.2 Å². The lowest BCUT2D eigenvalue weighted by Crippen LogP contribution is -2.45. The average Bonchev–Trinajstić information content (AvgIpc) is 3.52. The maximum atomic E-state index is 12.0. The predicted molar refractivity (Wildman–Crippen MR) is 130 cm³/mol. The minimum Gasteiger partial charge on any atom is -0.369 e. The summed E-state index contributed by atoms with van der Waals surface area (Å²) >= 11 is 3.53. The molecule has 2 aliphatic carbocycles. The van der Waals surface area contributed by atoms with Crippen molar-refractivity contribution in [3.8, 4) is 0 Å². The van der Waals surface area contributed by atoms with Gasteiger partial charge in [-0.15, -0.1) is 0 Å². The summed E-state index contributed by atoms with van der Waals surface area (Å²) in [5.41, 5.74) is 6.53. The minimum atomic E-state index is -0.267. The zero-order valence-corrected chi connectivity index (χ0v) is 20.3. The molecule has 11 heteroatoms. The average molecular weight is 516 g/mol. The molecule has 2 aromatic heterocycles. The number of allylic oxidation sites excluding steroid dienone is 1. The van der Waals surface area contributed by atoms with Crippen LogP contribution in [0.3, 0.4) is 0 Å². The van der Waals surface area contributed by atoms with Crippen LogP contribution >= 0.6 is 15.9 Å². The molecule has 0 aromatic carbocycles. The molecule has 33 heavy (non-hydrogen) atoms. The Morgan fingerprint density at radius 1 is 1.18 bits per heavy atom. The number of hydrogen-bond acceptors (Lipinski definition) is 8. The van der Waals surface area contributed by atoms with E-state index in [2.05, 4.69) is 70.6 Å². The van der Waals surface area contributed by atoms with Gasteiger partial charge in [-0.1, -0.05) is 12.2 Å². The van der Waals surface area contributed by atoms with E-state index in [4.69, 9.17) is 5.73 Å². The van der Waals surface area contributed by atoms with Crippen molar-refractivity contribution in [3.05, 3.63) is 35.2 Å². The summed E-state index contributed by atoms with van der Waals surface area (Å²) < 4.78 is 2.68. The number of carbonyl (C=O) groups excluding carboxylic acids is 1. The van der Waals surface area contributed by atoms with Crippen molar-refractivity contribution in [2.24, 2.45) is 23.5 Å². The fraction of sp³-hybridized carbons (Fsp3) is 0.545. The number of nitrogens with two attached hydrogens (primary N) is 1. The van der Waals surface area contributed by atoms with Gasteiger partial charge >= 0.3 is 0 Å². The van der Waals surface area contributed by atoms with Crippen LogP contribution in [0.1, 0.15) is 6.42 Å². The number of hydrogen-bond donors (Lipinski definition) is 3. The molecule has 2 bridgehead atoms. The number of likely N-dealkylation sites (N-methyl/N-ethyl adjacent to an activating group) is 1. The first-order valence-corrected chi connectivity index (χ1v) is 12.2. The van der Waals surface area contributed by atoms with Crippen LogP contribution in [0.4, 0.5) is 17.5 Å². The van der Waals surface area contributed by atoms with E-state index >= 15 is 0 Å². The Balaban J connectivity index is 1.21. The number of nitrogens with one attached hydrogen (secondary N) is 2. The molecule has 1 aliphatic heterocycles. The molecule has 0 radical (unpaired) electrons. The Hall–Kier alpha value is -2.50. The van der Waals surface area contributed by atoms with Gasteiger partial charge in [0.1, 0.15) is 5.82 Å². The van der Waals surface area contributed by atoms with E-state index < -0.39 is 0 Å². The third-order valence-corrected chi connectivity index (χ3v) is 7.55. The van der Waals surface area contributed by atoms with E-state index in [0.717, 1.165) is 55.8 Å². The molecule has 2 aromatic rings. The fourth-order valence-corrected chi connectivity index (χ4v) is 5.39. The van der Waals surface area contributed by atoms with E-state index in [0.29, 0.717) is 11.8 Å². The second-order valence-corrected chi connectivity index (χ2v) is 10.1. The minimum absolute atomic E-state index is 0.0612. The molecule has 1 saturated carbocycles. The van der Waals surface area contributed by atoms with Gasteiger partial charge in [-0.05, 0) is 41.2 Å². The van der Waals surface area contributed by atoms with Crippen molar-refractivity contribution >= 4 is 39.3 Å². The van der Waals surface area contributed by atoms with Gasteiger partial charge in [0.25, 0.3) is 0 Å².